The minimum absolute atomic E-state index is 0.104. The van der Waals surface area contributed by atoms with E-state index in [1.807, 2.05) is 0 Å². The molecule has 1 heterocycles. The molecule has 6 nitrogen and oxygen atoms in total. The number of aliphatic carboxylic acids is 1. The van der Waals surface area contributed by atoms with Crippen molar-refractivity contribution in [2.24, 2.45) is 0 Å². The Morgan fingerprint density at radius 1 is 1.65 bits per heavy atom. The number of thiazole rings is 1. The molecule has 0 saturated carbocycles. The van der Waals surface area contributed by atoms with Crippen molar-refractivity contribution in [1.29, 1.82) is 0 Å². The lowest BCUT2D eigenvalue weighted by molar-refractivity contribution is -0.140. The highest BCUT2D eigenvalue weighted by atomic mass is 32.2. The third kappa shape index (κ3) is 5.05. The van der Waals surface area contributed by atoms with Crippen molar-refractivity contribution in [3.05, 3.63) is 16.6 Å². The highest BCUT2D eigenvalue weighted by Gasteiger charge is 2.21. The van der Waals surface area contributed by atoms with E-state index in [0.29, 0.717) is 0 Å². The van der Waals surface area contributed by atoms with Crippen LogP contribution < -0.4 is 5.32 Å². The summed E-state index contributed by atoms with van der Waals surface area (Å²) in [6, 6.07) is -1.11. The molecule has 2 N–H and O–H groups in total. The van der Waals surface area contributed by atoms with Gasteiger partial charge in [-0.3, -0.25) is 14.0 Å². The van der Waals surface area contributed by atoms with Crippen LogP contribution in [0.3, 0.4) is 0 Å². The van der Waals surface area contributed by atoms with Gasteiger partial charge in [0.1, 0.15) is 6.04 Å². The number of nitrogens with zero attached hydrogens (tertiary/aromatic N) is 1. The second kappa shape index (κ2) is 6.45. The molecule has 0 saturated heterocycles. The van der Waals surface area contributed by atoms with Gasteiger partial charge >= 0.3 is 5.97 Å². The summed E-state index contributed by atoms with van der Waals surface area (Å²) in [4.78, 5) is 26.3. The quantitative estimate of drug-likeness (QED) is 0.761. The van der Waals surface area contributed by atoms with E-state index in [9.17, 15) is 13.8 Å². The lowest BCUT2D eigenvalue weighted by atomic mass is 10.3. The number of amides is 1. The molecular formula is C9H12N2O4S2. The lowest BCUT2D eigenvalue weighted by Gasteiger charge is -2.12. The lowest BCUT2D eigenvalue weighted by Crippen LogP contribution is -2.43. The van der Waals surface area contributed by atoms with Gasteiger partial charge < -0.3 is 10.4 Å². The van der Waals surface area contributed by atoms with Gasteiger partial charge in [0, 0.05) is 28.8 Å². The van der Waals surface area contributed by atoms with E-state index in [1.165, 1.54) is 18.3 Å². The molecule has 0 bridgehead atoms. The number of nitrogens with one attached hydrogen (secondary N) is 1. The fourth-order valence-corrected chi connectivity index (χ4v) is 3.29. The second-order valence-electron chi connectivity index (χ2n) is 3.31. The number of carbonyl (C=O) groups is 2. The summed E-state index contributed by atoms with van der Waals surface area (Å²) in [7, 11) is -1.34. The van der Waals surface area contributed by atoms with Gasteiger partial charge in [0.25, 0.3) is 0 Å². The first-order valence-corrected chi connectivity index (χ1v) is 7.08. The number of aromatic nitrogens is 1. The van der Waals surface area contributed by atoms with Crippen LogP contribution in [0.25, 0.3) is 0 Å². The van der Waals surface area contributed by atoms with Gasteiger partial charge in [0.2, 0.25) is 5.91 Å². The summed E-state index contributed by atoms with van der Waals surface area (Å²) in [6.07, 6.45) is 1.59. The molecule has 17 heavy (non-hydrogen) atoms. The Morgan fingerprint density at radius 2 is 2.35 bits per heavy atom. The third-order valence-corrected chi connectivity index (χ3v) is 4.12. The molecule has 0 radical (unpaired) electrons. The van der Waals surface area contributed by atoms with Crippen LogP contribution in [0.2, 0.25) is 0 Å². The molecule has 0 spiro atoms. The molecule has 1 amide bonds. The Bertz CT molecular complexity index is 419. The molecule has 0 fully saturated rings. The largest absolute Gasteiger partial charge is 0.480 e. The van der Waals surface area contributed by atoms with Gasteiger partial charge in [-0.05, 0) is 0 Å². The standard InChI is InChI=1S/C9H12N2O4S2/c1-6(12)11-8(9(13)14)4-17(15)3-7-2-10-5-16-7/h2,5,8H,3-4H2,1H3,(H,11,12)(H,13,14). The fraction of sp³-hybridized carbons (Fsp3) is 0.444. The van der Waals surface area contributed by atoms with Crippen LogP contribution in [-0.2, 0) is 26.1 Å². The second-order valence-corrected chi connectivity index (χ2v) is 5.78. The average molecular weight is 276 g/mol. The van der Waals surface area contributed by atoms with E-state index in [4.69, 9.17) is 5.11 Å². The fourth-order valence-electron chi connectivity index (χ4n) is 1.14. The van der Waals surface area contributed by atoms with Crippen LogP contribution >= 0.6 is 11.3 Å². The molecule has 94 valence electrons. The van der Waals surface area contributed by atoms with Crippen molar-refractivity contribution in [1.82, 2.24) is 10.3 Å². The third-order valence-electron chi connectivity index (χ3n) is 1.81. The van der Waals surface area contributed by atoms with Gasteiger partial charge in [-0.1, -0.05) is 0 Å². The number of hydrogen-bond donors (Lipinski definition) is 2. The molecule has 0 aliphatic carbocycles. The summed E-state index contributed by atoms with van der Waals surface area (Å²) < 4.78 is 11.7. The highest BCUT2D eigenvalue weighted by Crippen LogP contribution is 2.09. The van der Waals surface area contributed by atoms with Crippen molar-refractivity contribution in [2.75, 3.05) is 5.75 Å². The monoisotopic (exact) mass is 276 g/mol. The molecule has 0 aliphatic heterocycles. The van der Waals surface area contributed by atoms with Crippen molar-refractivity contribution in [2.45, 2.75) is 18.7 Å². The van der Waals surface area contributed by atoms with Crippen molar-refractivity contribution in [3.8, 4) is 0 Å². The smallest absolute Gasteiger partial charge is 0.327 e. The molecule has 1 aromatic rings. The number of carbonyl (C=O) groups excluding carboxylic acids is 1. The van der Waals surface area contributed by atoms with Gasteiger partial charge in [0.15, 0.2) is 0 Å². The maximum atomic E-state index is 11.7. The minimum Gasteiger partial charge on any atom is -0.480 e. The Kier molecular flexibility index (Phi) is 5.23. The van der Waals surface area contributed by atoms with Crippen LogP contribution in [0, 0.1) is 0 Å². The molecule has 2 unspecified atom stereocenters. The first kappa shape index (κ1) is 13.8. The minimum atomic E-state index is -1.34. The Morgan fingerprint density at radius 3 is 2.82 bits per heavy atom. The summed E-state index contributed by atoms with van der Waals surface area (Å²) in [5.41, 5.74) is 1.62. The Labute approximate surface area is 105 Å². The summed E-state index contributed by atoms with van der Waals surface area (Å²) >= 11 is 1.36. The number of carboxylic acids is 1. The van der Waals surface area contributed by atoms with Crippen LogP contribution in [0.5, 0.6) is 0 Å². The maximum Gasteiger partial charge on any atom is 0.327 e. The Balaban J connectivity index is 2.52. The van der Waals surface area contributed by atoms with E-state index in [2.05, 4.69) is 10.3 Å². The van der Waals surface area contributed by atoms with E-state index in [0.717, 1.165) is 4.88 Å². The normalized spacial score (nSPS) is 13.9. The van der Waals surface area contributed by atoms with Crippen LogP contribution in [-0.4, -0.2) is 38.0 Å². The molecule has 0 aliphatic rings. The summed E-state index contributed by atoms with van der Waals surface area (Å²) in [6.45, 7) is 1.22. The Hall–Kier alpha value is -1.28. The van der Waals surface area contributed by atoms with Crippen LogP contribution in [0.1, 0.15) is 11.8 Å². The van der Waals surface area contributed by atoms with Gasteiger partial charge in [-0.15, -0.1) is 11.3 Å². The molecule has 1 aromatic heterocycles. The van der Waals surface area contributed by atoms with Crippen molar-refractivity contribution < 1.29 is 18.9 Å². The summed E-state index contributed by atoms with van der Waals surface area (Å²) in [5.74, 6) is -1.48. The zero-order valence-corrected chi connectivity index (χ0v) is 10.7. The molecule has 1 rings (SSSR count). The van der Waals surface area contributed by atoms with E-state index in [1.54, 1.807) is 11.7 Å². The van der Waals surface area contributed by atoms with Gasteiger partial charge in [-0.25, -0.2) is 4.79 Å². The predicted molar refractivity (Wildman–Crippen MR) is 64.1 cm³/mol. The number of rotatable bonds is 6. The molecule has 2 atom stereocenters. The molecule has 0 aromatic carbocycles. The maximum absolute atomic E-state index is 11.7. The van der Waals surface area contributed by atoms with E-state index >= 15 is 0 Å². The number of hydrogen-bond acceptors (Lipinski definition) is 5. The van der Waals surface area contributed by atoms with Gasteiger partial charge in [0.05, 0.1) is 17.0 Å². The van der Waals surface area contributed by atoms with E-state index < -0.39 is 28.7 Å². The van der Waals surface area contributed by atoms with Crippen LogP contribution in [0.4, 0.5) is 0 Å². The molecule has 8 heteroatoms. The topological polar surface area (TPSA) is 96.4 Å². The van der Waals surface area contributed by atoms with Crippen molar-refractivity contribution >= 4 is 34.0 Å². The van der Waals surface area contributed by atoms with Crippen molar-refractivity contribution in [3.63, 3.8) is 0 Å². The van der Waals surface area contributed by atoms with Gasteiger partial charge in [-0.2, -0.15) is 0 Å². The highest BCUT2D eigenvalue weighted by molar-refractivity contribution is 7.84. The first-order valence-electron chi connectivity index (χ1n) is 4.71. The first-order chi connectivity index (χ1) is 7.99. The zero-order valence-electron chi connectivity index (χ0n) is 9.08. The molecular weight excluding hydrogens is 264 g/mol. The van der Waals surface area contributed by atoms with E-state index in [-0.39, 0.29) is 11.5 Å². The number of carboxylic acid groups (broad SMARTS) is 1. The predicted octanol–water partition coefficient (Wildman–Crippen LogP) is -0.0189. The van der Waals surface area contributed by atoms with Crippen LogP contribution in [0.15, 0.2) is 11.7 Å². The summed E-state index contributed by atoms with van der Waals surface area (Å²) in [5, 5.41) is 11.1. The SMILES string of the molecule is CC(=O)NC(CS(=O)Cc1cncs1)C(=O)O. The zero-order chi connectivity index (χ0) is 12.8. The average Bonchev–Trinajstić information content (AvgIpc) is 2.68.